The van der Waals surface area contributed by atoms with Gasteiger partial charge < -0.3 is 5.73 Å². The van der Waals surface area contributed by atoms with Crippen LogP contribution in [-0.4, -0.2) is 5.84 Å². The van der Waals surface area contributed by atoms with Gasteiger partial charge in [-0.05, 0) is 17.5 Å². The van der Waals surface area contributed by atoms with Crippen LogP contribution in [0.5, 0.6) is 0 Å². The Balaban J connectivity index is 4.05. The van der Waals surface area contributed by atoms with Crippen molar-refractivity contribution in [1.82, 2.24) is 0 Å². The van der Waals surface area contributed by atoms with Crippen LogP contribution in [0.4, 0.5) is 0 Å². The van der Waals surface area contributed by atoms with E-state index in [0.717, 1.165) is 4.48 Å². The van der Waals surface area contributed by atoms with Crippen LogP contribution in [0.1, 0.15) is 6.92 Å². The van der Waals surface area contributed by atoms with Crippen LogP contribution in [0.15, 0.2) is 28.3 Å². The summed E-state index contributed by atoms with van der Waals surface area (Å²) in [5.74, 6) is 0.458. The van der Waals surface area contributed by atoms with Crippen molar-refractivity contribution in [3.63, 3.8) is 0 Å². The average Bonchev–Trinajstić information content (AvgIpc) is 1.63. The predicted molar refractivity (Wildman–Crippen MR) is 44.5 cm³/mol. The summed E-state index contributed by atoms with van der Waals surface area (Å²) < 4.78 is 0.950. The first-order chi connectivity index (χ1) is 4.16. The predicted octanol–water partition coefficient (Wildman–Crippen LogP) is 1.79. The molecule has 0 aliphatic carbocycles. The molecule has 0 aliphatic heterocycles. The number of hydrogen-bond acceptors (Lipinski definition) is 1. The Morgan fingerprint density at radius 3 is 2.67 bits per heavy atom. The van der Waals surface area contributed by atoms with Crippen molar-refractivity contribution < 1.29 is 0 Å². The molecule has 3 heteroatoms. The molecule has 0 rings (SSSR count). The number of nitrogens with two attached hydrogens (primary N) is 1. The van der Waals surface area contributed by atoms with Gasteiger partial charge in [0.25, 0.3) is 0 Å². The van der Waals surface area contributed by atoms with Crippen LogP contribution in [0.25, 0.3) is 0 Å². The smallest absolute Gasteiger partial charge is 0.124 e. The van der Waals surface area contributed by atoms with Crippen molar-refractivity contribution in [1.29, 1.82) is 0 Å². The van der Waals surface area contributed by atoms with Crippen LogP contribution >= 0.6 is 15.9 Å². The first-order valence-corrected chi connectivity index (χ1v) is 3.24. The summed E-state index contributed by atoms with van der Waals surface area (Å²) in [6.07, 6.45) is 3.11. The molecule has 0 heterocycles. The van der Waals surface area contributed by atoms with E-state index >= 15 is 0 Å². The minimum absolute atomic E-state index is 0.458. The first-order valence-electron chi connectivity index (χ1n) is 2.45. The van der Waals surface area contributed by atoms with Gasteiger partial charge in [-0.1, -0.05) is 22.5 Å². The van der Waals surface area contributed by atoms with E-state index in [2.05, 4.69) is 27.5 Å². The number of hydrogen-bond donors (Lipinski definition) is 1. The fraction of sp³-hybridized carbons (Fsp3) is 0.167. The van der Waals surface area contributed by atoms with Crippen LogP contribution in [0.2, 0.25) is 0 Å². The highest BCUT2D eigenvalue weighted by Crippen LogP contribution is 2.00. The molecule has 0 saturated carbocycles. The van der Waals surface area contributed by atoms with Crippen molar-refractivity contribution >= 4 is 21.8 Å². The van der Waals surface area contributed by atoms with E-state index < -0.39 is 0 Å². The summed E-state index contributed by atoms with van der Waals surface area (Å²) in [6.45, 7) is 5.28. The Labute approximate surface area is 63.3 Å². The van der Waals surface area contributed by atoms with Crippen molar-refractivity contribution in [3.8, 4) is 0 Å². The van der Waals surface area contributed by atoms with E-state index in [1.165, 1.54) is 6.20 Å². The van der Waals surface area contributed by atoms with Crippen molar-refractivity contribution in [2.24, 2.45) is 10.7 Å². The molecule has 9 heavy (non-hydrogen) atoms. The number of nitrogens with zero attached hydrogens (tertiary/aromatic N) is 1. The number of amidine groups is 1. The second kappa shape index (κ2) is 4.32. The minimum Gasteiger partial charge on any atom is -0.384 e. The largest absolute Gasteiger partial charge is 0.384 e. The van der Waals surface area contributed by atoms with Gasteiger partial charge in [0.1, 0.15) is 5.84 Å². The molecule has 0 amide bonds. The monoisotopic (exact) mass is 188 g/mol. The zero-order valence-electron chi connectivity index (χ0n) is 5.26. The lowest BCUT2D eigenvalue weighted by Crippen LogP contribution is -2.06. The molecule has 2 N–H and O–H groups in total. The highest BCUT2D eigenvalue weighted by molar-refractivity contribution is 9.11. The molecule has 0 atom stereocenters. The quantitative estimate of drug-likeness (QED) is 0.521. The van der Waals surface area contributed by atoms with Crippen LogP contribution in [0.3, 0.4) is 0 Å². The Bertz CT molecular complexity index is 154. The van der Waals surface area contributed by atoms with Gasteiger partial charge in [0.2, 0.25) is 0 Å². The van der Waals surface area contributed by atoms with Gasteiger partial charge in [-0.3, -0.25) is 0 Å². The molecule has 0 spiro atoms. The van der Waals surface area contributed by atoms with Gasteiger partial charge >= 0.3 is 0 Å². The maximum absolute atomic E-state index is 5.36. The first kappa shape index (κ1) is 8.43. The standard InChI is InChI=1S/C6H9BrN2/c1-3-9-6(8)4-5(2)7/h3-4H,1H2,2H3,(H2,8,9)/b5-4+. The second-order valence-electron chi connectivity index (χ2n) is 1.47. The van der Waals surface area contributed by atoms with Gasteiger partial charge in [-0.2, -0.15) is 0 Å². The molecule has 0 saturated heterocycles. The molecular weight excluding hydrogens is 180 g/mol. The highest BCUT2D eigenvalue weighted by atomic mass is 79.9. The van der Waals surface area contributed by atoms with E-state index in [9.17, 15) is 0 Å². The van der Waals surface area contributed by atoms with Gasteiger partial charge in [0.15, 0.2) is 0 Å². The van der Waals surface area contributed by atoms with Crippen molar-refractivity contribution in [3.05, 3.63) is 23.3 Å². The maximum atomic E-state index is 5.36. The van der Waals surface area contributed by atoms with Gasteiger partial charge in [0, 0.05) is 6.20 Å². The third-order valence-corrected chi connectivity index (χ3v) is 0.816. The Morgan fingerprint density at radius 2 is 2.33 bits per heavy atom. The molecule has 0 radical (unpaired) electrons. The minimum atomic E-state index is 0.458. The fourth-order valence-corrected chi connectivity index (χ4v) is 0.581. The summed E-state index contributed by atoms with van der Waals surface area (Å²) in [7, 11) is 0. The van der Waals surface area contributed by atoms with Crippen LogP contribution < -0.4 is 5.73 Å². The molecule has 0 bridgehead atoms. The van der Waals surface area contributed by atoms with Gasteiger partial charge in [-0.25, -0.2) is 4.99 Å². The van der Waals surface area contributed by atoms with Crippen LogP contribution in [0, 0.1) is 0 Å². The molecule has 0 aromatic rings. The summed E-state index contributed by atoms with van der Waals surface area (Å²) in [6, 6.07) is 0. The lowest BCUT2D eigenvalue weighted by atomic mass is 10.5. The molecular formula is C6H9BrN2. The molecule has 0 aliphatic rings. The Kier molecular flexibility index (Phi) is 4.05. The normalized spacial score (nSPS) is 13.6. The molecule has 0 fully saturated rings. The lowest BCUT2D eigenvalue weighted by Gasteiger charge is -1.87. The topological polar surface area (TPSA) is 38.4 Å². The Hall–Kier alpha value is -0.570. The van der Waals surface area contributed by atoms with E-state index in [0.29, 0.717) is 5.84 Å². The summed E-state index contributed by atoms with van der Waals surface area (Å²) >= 11 is 3.21. The second-order valence-corrected chi connectivity index (χ2v) is 2.72. The number of halogens is 1. The molecule has 50 valence electrons. The Morgan fingerprint density at radius 1 is 1.78 bits per heavy atom. The third kappa shape index (κ3) is 5.30. The number of aliphatic imine (C=N–C) groups is 1. The van der Waals surface area contributed by atoms with Crippen molar-refractivity contribution in [2.75, 3.05) is 0 Å². The van der Waals surface area contributed by atoms with E-state index in [-0.39, 0.29) is 0 Å². The summed E-state index contributed by atoms with van der Waals surface area (Å²) in [5, 5.41) is 0. The van der Waals surface area contributed by atoms with Gasteiger partial charge in [-0.15, -0.1) is 0 Å². The van der Waals surface area contributed by atoms with E-state index in [1.807, 2.05) is 6.92 Å². The van der Waals surface area contributed by atoms with E-state index in [1.54, 1.807) is 6.08 Å². The molecule has 0 aromatic carbocycles. The molecule has 2 nitrogen and oxygen atoms in total. The van der Waals surface area contributed by atoms with E-state index in [4.69, 9.17) is 5.73 Å². The zero-order valence-corrected chi connectivity index (χ0v) is 6.85. The zero-order chi connectivity index (χ0) is 7.28. The number of allylic oxidation sites excluding steroid dienone is 1. The SMILES string of the molecule is C=C/N=C(N)\C=C(/C)Br. The van der Waals surface area contributed by atoms with Crippen molar-refractivity contribution in [2.45, 2.75) is 6.92 Å². The number of rotatable bonds is 2. The maximum Gasteiger partial charge on any atom is 0.124 e. The average molecular weight is 189 g/mol. The van der Waals surface area contributed by atoms with Gasteiger partial charge in [0.05, 0.1) is 0 Å². The van der Waals surface area contributed by atoms with Crippen LogP contribution in [-0.2, 0) is 0 Å². The lowest BCUT2D eigenvalue weighted by molar-refractivity contribution is 1.51. The molecule has 0 aromatic heterocycles. The molecule has 0 unspecified atom stereocenters. The third-order valence-electron chi connectivity index (χ3n) is 0.587. The fourth-order valence-electron chi connectivity index (χ4n) is 0.346. The summed E-state index contributed by atoms with van der Waals surface area (Å²) in [5.41, 5.74) is 5.36. The summed E-state index contributed by atoms with van der Waals surface area (Å²) in [4.78, 5) is 3.72. The highest BCUT2D eigenvalue weighted by Gasteiger charge is 1.82.